The Morgan fingerprint density at radius 1 is 1.50 bits per heavy atom. The summed E-state index contributed by atoms with van der Waals surface area (Å²) in [6.07, 6.45) is 1.39. The zero-order valence-electron chi connectivity index (χ0n) is 10.6. The molecule has 0 amide bonds. The predicted molar refractivity (Wildman–Crippen MR) is 70.7 cm³/mol. The zero-order valence-corrected chi connectivity index (χ0v) is 11.4. The number of hydrogen-bond donors (Lipinski definition) is 2. The van der Waals surface area contributed by atoms with E-state index >= 15 is 0 Å². The molecule has 3 N–H and O–H groups in total. The Morgan fingerprint density at radius 3 is 2.80 bits per heavy atom. The number of phenols is 1. The Labute approximate surface area is 116 Å². The Kier molecular flexibility index (Phi) is 3.93. The van der Waals surface area contributed by atoms with Crippen molar-refractivity contribution in [3.05, 3.63) is 28.3 Å². The van der Waals surface area contributed by atoms with Gasteiger partial charge >= 0.3 is 5.69 Å². The second-order valence-corrected chi connectivity index (χ2v) is 6.45. The average Bonchev–Trinajstić information content (AvgIpc) is 2.87. The van der Waals surface area contributed by atoms with Crippen molar-refractivity contribution in [1.82, 2.24) is 4.31 Å². The third kappa shape index (κ3) is 2.47. The molecular weight excluding hydrogens is 286 g/mol. The highest BCUT2D eigenvalue weighted by Gasteiger charge is 2.35. The number of nitrogens with two attached hydrogens (primary N) is 1. The van der Waals surface area contributed by atoms with Crippen LogP contribution in [-0.2, 0) is 10.0 Å². The number of benzene rings is 1. The quantitative estimate of drug-likeness (QED) is 0.612. The average molecular weight is 301 g/mol. The van der Waals surface area contributed by atoms with Gasteiger partial charge in [-0.2, -0.15) is 4.31 Å². The molecule has 1 saturated heterocycles. The molecule has 8 nitrogen and oxygen atoms in total. The van der Waals surface area contributed by atoms with Gasteiger partial charge in [0.1, 0.15) is 0 Å². The van der Waals surface area contributed by atoms with Crippen LogP contribution < -0.4 is 5.73 Å². The van der Waals surface area contributed by atoms with Gasteiger partial charge in [0.05, 0.1) is 9.82 Å². The van der Waals surface area contributed by atoms with Crippen LogP contribution in [0.15, 0.2) is 23.1 Å². The number of nitro benzene ring substituents is 1. The molecule has 1 unspecified atom stereocenters. The Morgan fingerprint density at radius 2 is 2.20 bits per heavy atom. The summed E-state index contributed by atoms with van der Waals surface area (Å²) in [6.45, 7) is 0.554. The van der Waals surface area contributed by atoms with Crippen LogP contribution in [-0.4, -0.2) is 41.9 Å². The molecular formula is C11H15N3O5S. The van der Waals surface area contributed by atoms with Crippen molar-refractivity contribution < 1.29 is 18.4 Å². The van der Waals surface area contributed by atoms with Crippen LogP contribution in [0.2, 0.25) is 0 Å². The summed E-state index contributed by atoms with van der Waals surface area (Å²) in [7, 11) is -3.83. The first-order valence-corrected chi connectivity index (χ1v) is 7.51. The van der Waals surface area contributed by atoms with Crippen LogP contribution in [0.25, 0.3) is 0 Å². The highest BCUT2D eigenvalue weighted by Crippen LogP contribution is 2.31. The van der Waals surface area contributed by atoms with E-state index in [1.165, 1.54) is 4.31 Å². The van der Waals surface area contributed by atoms with E-state index in [4.69, 9.17) is 5.73 Å². The molecule has 0 aromatic heterocycles. The molecule has 20 heavy (non-hydrogen) atoms. The van der Waals surface area contributed by atoms with Crippen molar-refractivity contribution in [2.45, 2.75) is 23.8 Å². The lowest BCUT2D eigenvalue weighted by molar-refractivity contribution is -0.386. The normalized spacial score (nSPS) is 20.1. The first-order valence-electron chi connectivity index (χ1n) is 6.07. The maximum atomic E-state index is 12.5. The van der Waals surface area contributed by atoms with E-state index in [0.717, 1.165) is 18.2 Å². The largest absolute Gasteiger partial charge is 0.502 e. The fourth-order valence-electron chi connectivity index (χ4n) is 2.31. The molecule has 0 spiro atoms. The Hall–Kier alpha value is -1.71. The zero-order chi connectivity index (χ0) is 14.9. The number of nitro groups is 1. The standard InChI is InChI=1S/C11H15N3O5S/c12-7-8-2-1-5-13(8)20(18,19)9-3-4-11(15)10(6-9)14(16)17/h3-4,6,8,15H,1-2,5,7,12H2. The minimum atomic E-state index is -3.83. The molecule has 1 atom stereocenters. The summed E-state index contributed by atoms with van der Waals surface area (Å²) in [5.41, 5.74) is 4.92. The highest BCUT2D eigenvalue weighted by atomic mass is 32.2. The van der Waals surface area contributed by atoms with E-state index in [0.29, 0.717) is 19.4 Å². The van der Waals surface area contributed by atoms with Gasteiger partial charge in [0.15, 0.2) is 5.75 Å². The van der Waals surface area contributed by atoms with Crippen LogP contribution >= 0.6 is 0 Å². The van der Waals surface area contributed by atoms with Crippen molar-refractivity contribution in [3.8, 4) is 5.75 Å². The molecule has 1 heterocycles. The Bertz CT molecular complexity index is 631. The van der Waals surface area contributed by atoms with Crippen LogP contribution in [0, 0.1) is 10.1 Å². The number of rotatable bonds is 4. The number of aromatic hydroxyl groups is 1. The van der Waals surface area contributed by atoms with Crippen molar-refractivity contribution in [2.75, 3.05) is 13.1 Å². The summed E-state index contributed by atoms with van der Waals surface area (Å²) in [5.74, 6) is -0.564. The van der Waals surface area contributed by atoms with Gasteiger partial charge in [0, 0.05) is 25.2 Å². The molecule has 110 valence electrons. The monoisotopic (exact) mass is 301 g/mol. The van der Waals surface area contributed by atoms with Gasteiger partial charge in [-0.3, -0.25) is 10.1 Å². The topological polar surface area (TPSA) is 127 Å². The predicted octanol–water partition coefficient (Wildman–Crippen LogP) is 0.412. The molecule has 1 aliphatic rings. The smallest absolute Gasteiger partial charge is 0.312 e. The third-order valence-electron chi connectivity index (χ3n) is 3.35. The van der Waals surface area contributed by atoms with E-state index < -0.39 is 26.4 Å². The first kappa shape index (κ1) is 14.7. The first-order chi connectivity index (χ1) is 9.37. The van der Waals surface area contributed by atoms with Crippen LogP contribution in [0.3, 0.4) is 0 Å². The number of hydrogen-bond acceptors (Lipinski definition) is 6. The number of nitrogens with zero attached hydrogens (tertiary/aromatic N) is 2. The van der Waals surface area contributed by atoms with Gasteiger partial charge in [-0.05, 0) is 25.0 Å². The summed E-state index contributed by atoms with van der Waals surface area (Å²) in [6, 6.07) is 2.76. The molecule has 1 aliphatic heterocycles. The van der Waals surface area contributed by atoms with E-state index in [-0.39, 0.29) is 17.5 Å². The molecule has 0 radical (unpaired) electrons. The maximum absolute atomic E-state index is 12.5. The van der Waals surface area contributed by atoms with Gasteiger partial charge in [-0.15, -0.1) is 0 Å². The van der Waals surface area contributed by atoms with E-state index in [1.807, 2.05) is 0 Å². The van der Waals surface area contributed by atoms with Crippen molar-refractivity contribution in [2.24, 2.45) is 5.73 Å². The van der Waals surface area contributed by atoms with Crippen molar-refractivity contribution in [1.29, 1.82) is 0 Å². The SMILES string of the molecule is NCC1CCCN1S(=O)(=O)c1ccc(O)c([N+](=O)[O-])c1. The number of phenolic OH excluding ortho intramolecular Hbond substituents is 1. The lowest BCUT2D eigenvalue weighted by atomic mass is 10.2. The van der Waals surface area contributed by atoms with Gasteiger partial charge < -0.3 is 10.8 Å². The minimum Gasteiger partial charge on any atom is -0.502 e. The fraction of sp³-hybridized carbons (Fsp3) is 0.455. The van der Waals surface area contributed by atoms with Crippen LogP contribution in [0.1, 0.15) is 12.8 Å². The molecule has 0 bridgehead atoms. The molecule has 0 aliphatic carbocycles. The number of sulfonamides is 1. The molecule has 9 heteroatoms. The van der Waals surface area contributed by atoms with Gasteiger partial charge in [-0.1, -0.05) is 0 Å². The molecule has 2 rings (SSSR count). The Balaban J connectivity index is 2.44. The van der Waals surface area contributed by atoms with E-state index in [1.54, 1.807) is 0 Å². The van der Waals surface area contributed by atoms with Gasteiger partial charge in [0.2, 0.25) is 10.0 Å². The molecule has 0 saturated carbocycles. The minimum absolute atomic E-state index is 0.206. The fourth-order valence-corrected chi connectivity index (χ4v) is 4.03. The summed E-state index contributed by atoms with van der Waals surface area (Å²) in [4.78, 5) is 9.73. The van der Waals surface area contributed by atoms with E-state index in [2.05, 4.69) is 0 Å². The van der Waals surface area contributed by atoms with Crippen LogP contribution in [0.4, 0.5) is 5.69 Å². The summed E-state index contributed by atoms with van der Waals surface area (Å²) < 4.78 is 26.2. The molecule has 1 fully saturated rings. The van der Waals surface area contributed by atoms with Crippen molar-refractivity contribution >= 4 is 15.7 Å². The molecule has 1 aromatic rings. The maximum Gasteiger partial charge on any atom is 0.312 e. The van der Waals surface area contributed by atoms with Crippen molar-refractivity contribution in [3.63, 3.8) is 0 Å². The summed E-state index contributed by atoms with van der Waals surface area (Å²) in [5, 5.41) is 20.1. The highest BCUT2D eigenvalue weighted by molar-refractivity contribution is 7.89. The van der Waals surface area contributed by atoms with Gasteiger partial charge in [0.25, 0.3) is 0 Å². The molecule has 1 aromatic carbocycles. The second kappa shape index (κ2) is 5.35. The summed E-state index contributed by atoms with van der Waals surface area (Å²) >= 11 is 0. The lowest BCUT2D eigenvalue weighted by Crippen LogP contribution is -2.39. The second-order valence-electron chi connectivity index (χ2n) is 4.56. The van der Waals surface area contributed by atoms with E-state index in [9.17, 15) is 23.6 Å². The third-order valence-corrected chi connectivity index (χ3v) is 5.29. The van der Waals surface area contributed by atoms with Crippen LogP contribution in [0.5, 0.6) is 5.75 Å². The lowest BCUT2D eigenvalue weighted by Gasteiger charge is -2.22. The van der Waals surface area contributed by atoms with Gasteiger partial charge in [-0.25, -0.2) is 8.42 Å².